The van der Waals surface area contributed by atoms with Gasteiger partial charge in [0.05, 0.1) is 9.79 Å². The Kier molecular flexibility index (Phi) is 93.8. The van der Waals surface area contributed by atoms with Gasteiger partial charge in [-0.25, -0.2) is 16.8 Å². The van der Waals surface area contributed by atoms with Crippen molar-refractivity contribution in [2.24, 2.45) is 0 Å². The van der Waals surface area contributed by atoms with Gasteiger partial charge >= 0.3 is 37.7 Å². The zero-order chi connectivity index (χ0) is 82.0. The summed E-state index contributed by atoms with van der Waals surface area (Å²) >= 11 is 0. The Morgan fingerprint density at radius 1 is 0.157 bits per heavy atom. The molecule has 2 aromatic rings. The Hall–Kier alpha value is -0.480. The Balaban J connectivity index is 0.00000224. The molecule has 115 heavy (non-hydrogen) atoms. The monoisotopic (exact) mass is 1670 g/mol. The van der Waals surface area contributed by atoms with E-state index in [1.165, 1.54) is 589 Å². The molecule has 672 valence electrons. The summed E-state index contributed by atoms with van der Waals surface area (Å²) in [5, 5.41) is 0. The average Bonchev–Trinajstić information content (AvgIpc) is 0.868. The van der Waals surface area contributed by atoms with Gasteiger partial charge in [-0.05, 0) is 61.1 Å². The van der Waals surface area contributed by atoms with Gasteiger partial charge in [-0.15, -0.1) is 0 Å². The second-order valence-electron chi connectivity index (χ2n) is 36.8. The van der Waals surface area contributed by atoms with Crippen molar-refractivity contribution in [3.8, 4) is 0 Å². The minimum Gasteiger partial charge on any atom is -0.744 e. The van der Waals surface area contributed by atoms with Gasteiger partial charge in [-0.2, -0.15) is 0 Å². The fourth-order valence-corrected chi connectivity index (χ4v) is 18.6. The predicted molar refractivity (Wildman–Crippen MR) is 509 cm³/mol. The maximum absolute atomic E-state index is 11.0. The first-order valence-corrected chi connectivity index (χ1v) is 55.0. The van der Waals surface area contributed by atoms with Crippen LogP contribution in [-0.4, -0.2) is 63.7 Å². The van der Waals surface area contributed by atoms with Crippen LogP contribution in [0.2, 0.25) is 0 Å². The third-order valence-corrected chi connectivity index (χ3v) is 27.3. The van der Waals surface area contributed by atoms with Gasteiger partial charge in [0.1, 0.15) is 20.2 Å². The quantitative estimate of drug-likeness (QED) is 0.0370. The topological polar surface area (TPSA) is 114 Å². The molecule has 0 unspecified atom stereocenters. The van der Waals surface area contributed by atoms with Gasteiger partial charge in [0.2, 0.25) is 0 Å². The molecule has 0 saturated heterocycles. The molecule has 0 aliphatic rings. The van der Waals surface area contributed by atoms with E-state index in [0.717, 1.165) is 36.8 Å². The fourth-order valence-electron chi connectivity index (χ4n) is 17.7. The molecule has 2 aromatic carbocycles. The number of aryl methyl sites for hydroxylation is 2. The molecule has 2 rings (SSSR count). The predicted octanol–water partition coefficient (Wildman–Crippen LogP) is 37.0. The second kappa shape index (κ2) is 94.2. The van der Waals surface area contributed by atoms with Crippen LogP contribution >= 0.6 is 0 Å². The van der Waals surface area contributed by atoms with Crippen LogP contribution in [0.1, 0.15) is 603 Å². The van der Waals surface area contributed by atoms with E-state index in [9.17, 15) is 25.9 Å². The van der Waals surface area contributed by atoms with Crippen LogP contribution in [0.4, 0.5) is 0 Å². The molecule has 0 aliphatic carbocycles. The second-order valence-corrected chi connectivity index (χ2v) is 39.6. The van der Waals surface area contributed by atoms with E-state index in [1.807, 2.05) is 0 Å². The van der Waals surface area contributed by atoms with Gasteiger partial charge in [-0.1, -0.05) is 603 Å². The minimum atomic E-state index is -4.33. The summed E-state index contributed by atoms with van der Waals surface area (Å²) in [7, 11) is -8.67. The molecule has 0 atom stereocenters. The molecule has 0 radical (unpaired) electrons. The first kappa shape index (κ1) is 115. The molecule has 0 aromatic heterocycles. The Bertz CT molecular complexity index is 2210. The van der Waals surface area contributed by atoms with Crippen LogP contribution in [0.5, 0.6) is 0 Å². The molecule has 0 fully saturated rings. The van der Waals surface area contributed by atoms with E-state index in [4.69, 9.17) is 0 Å². The molecular formula is C106H198CaO6S2. The summed E-state index contributed by atoms with van der Waals surface area (Å²) < 4.78 is 66.2. The minimum absolute atomic E-state index is 0. The van der Waals surface area contributed by atoms with Crippen molar-refractivity contribution in [2.45, 2.75) is 614 Å². The van der Waals surface area contributed by atoms with Crippen LogP contribution in [0.15, 0.2) is 58.3 Å². The van der Waals surface area contributed by atoms with Crippen molar-refractivity contribution in [3.63, 3.8) is 0 Å². The maximum Gasteiger partial charge on any atom is 2.00 e. The molecule has 0 N–H and O–H groups in total. The molecule has 9 heteroatoms. The van der Waals surface area contributed by atoms with Crippen molar-refractivity contribution >= 4 is 58.0 Å². The Morgan fingerprint density at radius 2 is 0.243 bits per heavy atom. The fraction of sp³-hybridized carbons (Fsp3) is 0.887. The van der Waals surface area contributed by atoms with Gasteiger partial charge in [-0.3, -0.25) is 0 Å². The van der Waals surface area contributed by atoms with Crippen molar-refractivity contribution in [3.05, 3.63) is 59.7 Å². The average molecular weight is 1670 g/mol. The van der Waals surface area contributed by atoms with Gasteiger partial charge in [0.15, 0.2) is 0 Å². The normalized spacial score (nSPS) is 11.8. The summed E-state index contributed by atoms with van der Waals surface area (Å²) in [5.41, 5.74) is 2.23. The number of unbranched alkanes of at least 4 members (excludes halogenated alkanes) is 88. The Labute approximate surface area is 751 Å². The largest absolute Gasteiger partial charge is 2.00 e. The summed E-state index contributed by atoms with van der Waals surface area (Å²) in [6.45, 7) is 4.61. The van der Waals surface area contributed by atoms with Gasteiger partial charge in [0, 0.05) is 0 Å². The zero-order valence-electron chi connectivity index (χ0n) is 77.6. The molecule has 0 bridgehead atoms. The number of hydrogen-bond donors (Lipinski definition) is 0. The molecule has 0 spiro atoms. The van der Waals surface area contributed by atoms with E-state index in [-0.39, 0.29) is 47.5 Å². The molecule has 0 amide bonds. The third-order valence-electron chi connectivity index (χ3n) is 25.6. The SMILES string of the molecule is CCCCCCCCCCCCCCCCCCCCCCCCCCCCCCCCCCCCCCCCCCCCCCCc1ccc(S(=O)(=O)[O-])cc1.CCCCCCCCCCCCCCCCCCCCCCCCCCCCCCCCCCCCCCCCCCCCCCCc1ccc(S(=O)(=O)[O-])cc1.[Ca+2]. The van der Waals surface area contributed by atoms with Crippen LogP contribution in [0, 0.1) is 0 Å². The van der Waals surface area contributed by atoms with Crippen molar-refractivity contribution in [1.82, 2.24) is 0 Å². The first-order valence-electron chi connectivity index (χ1n) is 52.2. The summed E-state index contributed by atoms with van der Waals surface area (Å²) in [5.74, 6) is 0. The molecule has 0 aliphatic heterocycles. The summed E-state index contributed by atoms with van der Waals surface area (Å²) in [6.07, 6.45) is 132. The van der Waals surface area contributed by atoms with Gasteiger partial charge < -0.3 is 9.11 Å². The van der Waals surface area contributed by atoms with Crippen LogP contribution in [0.25, 0.3) is 0 Å². The Morgan fingerprint density at radius 3 is 0.330 bits per heavy atom. The standard InChI is InChI=1S/2C53H100O3S.Ca/c2*1-2-3-4-5-6-7-8-9-10-11-12-13-14-15-16-17-18-19-20-21-22-23-24-25-26-27-28-29-30-31-32-33-34-35-36-37-38-39-40-41-42-43-44-45-46-47-52-48-50-53(51-49-52)57(54,55)56;/h2*48-51H,2-47H2,1H3,(H,54,55,56);/q;;+2/p-2. The van der Waals surface area contributed by atoms with Crippen LogP contribution < -0.4 is 0 Å². The third kappa shape index (κ3) is 89.6. The van der Waals surface area contributed by atoms with Crippen LogP contribution in [-0.2, 0) is 33.1 Å². The molecule has 0 heterocycles. The summed E-state index contributed by atoms with van der Waals surface area (Å²) in [6, 6.07) is 12.8. The zero-order valence-corrected chi connectivity index (χ0v) is 81.5. The van der Waals surface area contributed by atoms with Crippen molar-refractivity contribution in [1.29, 1.82) is 0 Å². The smallest absolute Gasteiger partial charge is 0.744 e. The maximum atomic E-state index is 11.0. The number of benzene rings is 2. The van der Waals surface area contributed by atoms with E-state index in [2.05, 4.69) is 13.8 Å². The van der Waals surface area contributed by atoms with E-state index in [0.29, 0.717) is 0 Å². The summed E-state index contributed by atoms with van der Waals surface area (Å²) in [4.78, 5) is -0.262. The van der Waals surface area contributed by atoms with Crippen molar-refractivity contribution < 1.29 is 25.9 Å². The first-order chi connectivity index (χ1) is 56.1. The van der Waals surface area contributed by atoms with Crippen LogP contribution in [0.3, 0.4) is 0 Å². The molecule has 0 saturated carbocycles. The number of hydrogen-bond acceptors (Lipinski definition) is 6. The van der Waals surface area contributed by atoms with E-state index in [1.54, 1.807) is 24.3 Å². The molecular weight excluding hydrogens is 1470 g/mol. The van der Waals surface area contributed by atoms with Gasteiger partial charge in [0.25, 0.3) is 0 Å². The van der Waals surface area contributed by atoms with E-state index < -0.39 is 20.2 Å². The van der Waals surface area contributed by atoms with Crippen molar-refractivity contribution in [2.75, 3.05) is 0 Å². The number of rotatable bonds is 94. The molecule has 6 nitrogen and oxygen atoms in total. The van der Waals surface area contributed by atoms with E-state index >= 15 is 0 Å².